The zero-order valence-corrected chi connectivity index (χ0v) is 12.6. The third kappa shape index (κ3) is 3.22. The van der Waals surface area contributed by atoms with Crippen LogP contribution in [0.15, 0.2) is 18.2 Å². The van der Waals surface area contributed by atoms with Crippen molar-refractivity contribution in [3.63, 3.8) is 0 Å². The Morgan fingerprint density at radius 2 is 2.23 bits per heavy atom. The third-order valence-corrected chi connectivity index (χ3v) is 5.59. The molecule has 0 aromatic heterocycles. The van der Waals surface area contributed by atoms with Gasteiger partial charge in [-0.2, -0.15) is 0 Å². The minimum absolute atomic E-state index is 0.0258. The second-order valence-corrected chi connectivity index (χ2v) is 7.76. The van der Waals surface area contributed by atoms with Gasteiger partial charge in [-0.05, 0) is 30.5 Å². The van der Waals surface area contributed by atoms with Crippen LogP contribution in [0.5, 0.6) is 5.75 Å². The van der Waals surface area contributed by atoms with Gasteiger partial charge in [-0.1, -0.05) is 0 Å². The maximum Gasteiger partial charge on any atom is 0.262 e. The lowest BCUT2D eigenvalue weighted by atomic mass is 10.1. The molecule has 2 N–H and O–H groups in total. The molecule has 2 aliphatic rings. The Balaban J connectivity index is 1.62. The molecule has 8 heteroatoms. The first kappa shape index (κ1) is 14.8. The normalized spacial score (nSPS) is 22.4. The van der Waals surface area contributed by atoms with Crippen molar-refractivity contribution in [3.8, 4) is 5.75 Å². The van der Waals surface area contributed by atoms with E-state index in [1.165, 1.54) is 0 Å². The molecule has 2 amide bonds. The maximum atomic E-state index is 12.1. The number of anilines is 1. The van der Waals surface area contributed by atoms with Gasteiger partial charge in [0.1, 0.15) is 5.75 Å². The molecule has 0 bridgehead atoms. The van der Waals surface area contributed by atoms with Gasteiger partial charge in [-0.3, -0.25) is 9.59 Å². The summed E-state index contributed by atoms with van der Waals surface area (Å²) in [7, 11) is -2.94. The molecule has 2 aliphatic heterocycles. The standard InChI is InChI=1S/C14H16N2O5S/c17-13-7-21-12-5-10(1-2-11(12)16-13)14(18)15-6-9-3-4-22(19,20)8-9/h1-2,5,9H,3-4,6-8H2,(H,15,18)(H,16,17)/t9-/m0/s1. The van der Waals surface area contributed by atoms with Gasteiger partial charge in [-0.25, -0.2) is 8.42 Å². The second-order valence-electron chi connectivity index (χ2n) is 5.53. The molecule has 1 saturated heterocycles. The summed E-state index contributed by atoms with van der Waals surface area (Å²) < 4.78 is 28.0. The summed E-state index contributed by atoms with van der Waals surface area (Å²) in [6.45, 7) is 0.269. The fraction of sp³-hybridized carbons (Fsp3) is 0.429. The van der Waals surface area contributed by atoms with Crippen LogP contribution in [0.3, 0.4) is 0 Å². The van der Waals surface area contributed by atoms with Gasteiger partial charge in [0.25, 0.3) is 11.8 Å². The fourth-order valence-corrected chi connectivity index (χ4v) is 4.45. The van der Waals surface area contributed by atoms with Crippen molar-refractivity contribution >= 4 is 27.3 Å². The number of ether oxygens (including phenoxy) is 1. The monoisotopic (exact) mass is 324 g/mol. The molecule has 1 aromatic carbocycles. The molecular formula is C14H16N2O5S. The highest BCUT2D eigenvalue weighted by Gasteiger charge is 2.28. The molecular weight excluding hydrogens is 308 g/mol. The summed E-state index contributed by atoms with van der Waals surface area (Å²) in [5, 5.41) is 5.40. The van der Waals surface area contributed by atoms with E-state index in [2.05, 4.69) is 10.6 Å². The lowest BCUT2D eigenvalue weighted by Crippen LogP contribution is -2.30. The van der Waals surface area contributed by atoms with Crippen LogP contribution < -0.4 is 15.4 Å². The molecule has 118 valence electrons. The summed E-state index contributed by atoms with van der Waals surface area (Å²) in [5.41, 5.74) is 0.949. The highest BCUT2D eigenvalue weighted by molar-refractivity contribution is 7.91. The highest BCUT2D eigenvalue weighted by atomic mass is 32.2. The first-order chi connectivity index (χ1) is 10.4. The predicted octanol–water partition coefficient (Wildman–Crippen LogP) is 0.182. The molecule has 0 spiro atoms. The van der Waals surface area contributed by atoms with E-state index in [1.807, 2.05) is 0 Å². The number of sulfone groups is 1. The van der Waals surface area contributed by atoms with Crippen LogP contribution in [0.25, 0.3) is 0 Å². The Labute approximate surface area is 128 Å². The topological polar surface area (TPSA) is 102 Å². The van der Waals surface area contributed by atoms with Gasteiger partial charge in [0.2, 0.25) is 0 Å². The highest BCUT2D eigenvalue weighted by Crippen LogP contribution is 2.28. The largest absolute Gasteiger partial charge is 0.482 e. The summed E-state index contributed by atoms with van der Waals surface area (Å²) in [6.07, 6.45) is 0.585. The van der Waals surface area contributed by atoms with Gasteiger partial charge < -0.3 is 15.4 Å². The summed E-state index contributed by atoms with van der Waals surface area (Å²) in [5.74, 6) is 0.240. The van der Waals surface area contributed by atoms with Crippen molar-refractivity contribution in [2.24, 2.45) is 5.92 Å². The first-order valence-corrected chi connectivity index (χ1v) is 8.80. The van der Waals surface area contributed by atoms with Crippen molar-refractivity contribution < 1.29 is 22.7 Å². The number of fused-ring (bicyclic) bond motifs is 1. The minimum atomic E-state index is -2.94. The Bertz CT molecular complexity index is 729. The number of rotatable bonds is 3. The maximum absolute atomic E-state index is 12.1. The van der Waals surface area contributed by atoms with Gasteiger partial charge in [0, 0.05) is 12.1 Å². The SMILES string of the molecule is O=C1COc2cc(C(=O)NC[C@@H]3CCS(=O)(=O)C3)ccc2N1. The molecule has 3 rings (SSSR count). The van der Waals surface area contributed by atoms with Crippen LogP contribution in [0.2, 0.25) is 0 Å². The second kappa shape index (κ2) is 5.60. The van der Waals surface area contributed by atoms with Gasteiger partial charge in [-0.15, -0.1) is 0 Å². The van der Waals surface area contributed by atoms with Gasteiger partial charge >= 0.3 is 0 Å². The van der Waals surface area contributed by atoms with E-state index in [4.69, 9.17) is 4.74 Å². The van der Waals surface area contributed by atoms with E-state index in [-0.39, 0.29) is 35.8 Å². The van der Waals surface area contributed by atoms with Crippen LogP contribution in [-0.4, -0.2) is 44.9 Å². The number of carbonyl (C=O) groups is 2. The Kier molecular flexibility index (Phi) is 3.78. The Morgan fingerprint density at radius 3 is 2.95 bits per heavy atom. The average molecular weight is 324 g/mol. The zero-order valence-electron chi connectivity index (χ0n) is 11.8. The number of amides is 2. The predicted molar refractivity (Wildman–Crippen MR) is 79.7 cm³/mol. The van der Waals surface area contributed by atoms with E-state index in [1.54, 1.807) is 18.2 Å². The van der Waals surface area contributed by atoms with Crippen LogP contribution in [0.1, 0.15) is 16.8 Å². The Hall–Kier alpha value is -2.09. The molecule has 0 radical (unpaired) electrons. The molecule has 7 nitrogen and oxygen atoms in total. The smallest absolute Gasteiger partial charge is 0.262 e. The number of hydrogen-bond donors (Lipinski definition) is 2. The van der Waals surface area contributed by atoms with Crippen molar-refractivity contribution in [2.75, 3.05) is 30.0 Å². The summed E-state index contributed by atoms with van der Waals surface area (Å²) in [6, 6.07) is 4.77. The van der Waals surface area contributed by atoms with Crippen LogP contribution in [0.4, 0.5) is 5.69 Å². The first-order valence-electron chi connectivity index (χ1n) is 6.98. The average Bonchev–Trinajstić information content (AvgIpc) is 2.83. The van der Waals surface area contributed by atoms with Crippen LogP contribution >= 0.6 is 0 Å². The van der Waals surface area contributed by atoms with Crippen molar-refractivity contribution in [1.29, 1.82) is 0 Å². The molecule has 0 saturated carbocycles. The molecule has 0 unspecified atom stereocenters. The summed E-state index contributed by atoms with van der Waals surface area (Å²) in [4.78, 5) is 23.3. The lowest BCUT2D eigenvalue weighted by Gasteiger charge is -2.18. The molecule has 0 aliphatic carbocycles. The molecule has 1 atom stereocenters. The van der Waals surface area contributed by atoms with E-state index in [9.17, 15) is 18.0 Å². The van der Waals surface area contributed by atoms with E-state index < -0.39 is 9.84 Å². The Morgan fingerprint density at radius 1 is 1.41 bits per heavy atom. The van der Waals surface area contributed by atoms with E-state index in [0.717, 1.165) is 0 Å². The number of nitrogens with one attached hydrogen (secondary N) is 2. The van der Waals surface area contributed by atoms with Crippen LogP contribution in [0, 0.1) is 5.92 Å². The summed E-state index contributed by atoms with van der Waals surface area (Å²) >= 11 is 0. The quantitative estimate of drug-likeness (QED) is 0.826. The van der Waals surface area contributed by atoms with Gasteiger partial charge in [0.05, 0.1) is 17.2 Å². The minimum Gasteiger partial charge on any atom is -0.482 e. The molecule has 2 heterocycles. The van der Waals surface area contributed by atoms with E-state index in [0.29, 0.717) is 30.0 Å². The number of carbonyl (C=O) groups excluding carboxylic acids is 2. The van der Waals surface area contributed by atoms with Crippen molar-refractivity contribution in [3.05, 3.63) is 23.8 Å². The zero-order chi connectivity index (χ0) is 15.7. The number of hydrogen-bond acceptors (Lipinski definition) is 5. The van der Waals surface area contributed by atoms with Crippen molar-refractivity contribution in [2.45, 2.75) is 6.42 Å². The third-order valence-electron chi connectivity index (χ3n) is 3.75. The molecule has 1 fully saturated rings. The van der Waals surface area contributed by atoms with Gasteiger partial charge in [0.15, 0.2) is 16.4 Å². The lowest BCUT2D eigenvalue weighted by molar-refractivity contribution is -0.118. The molecule has 22 heavy (non-hydrogen) atoms. The van der Waals surface area contributed by atoms with Crippen LogP contribution in [-0.2, 0) is 14.6 Å². The molecule has 1 aromatic rings. The van der Waals surface area contributed by atoms with Crippen molar-refractivity contribution in [1.82, 2.24) is 5.32 Å². The van der Waals surface area contributed by atoms with E-state index >= 15 is 0 Å². The number of benzene rings is 1. The fourth-order valence-electron chi connectivity index (χ4n) is 2.59.